The molecule has 8 heteroatoms. The second-order valence-electron chi connectivity index (χ2n) is 6.01. The summed E-state index contributed by atoms with van der Waals surface area (Å²) in [5.41, 5.74) is 2.32. The molecule has 1 amide bonds. The molecule has 0 aliphatic heterocycles. The van der Waals surface area contributed by atoms with Gasteiger partial charge in [-0.2, -0.15) is 5.10 Å². The van der Waals surface area contributed by atoms with Crippen LogP contribution in [0.5, 0.6) is 0 Å². The molecule has 7 nitrogen and oxygen atoms in total. The van der Waals surface area contributed by atoms with Gasteiger partial charge in [0.05, 0.1) is 10.6 Å². The molecule has 1 aromatic carbocycles. The summed E-state index contributed by atoms with van der Waals surface area (Å²) < 4.78 is 29.6. The van der Waals surface area contributed by atoms with Gasteiger partial charge in [-0.1, -0.05) is 12.1 Å². The average Bonchev–Trinajstić information content (AvgIpc) is 2.76. The molecule has 0 aliphatic rings. The summed E-state index contributed by atoms with van der Waals surface area (Å²) in [6.07, 6.45) is 0. The molecule has 130 valence electrons. The van der Waals surface area contributed by atoms with E-state index < -0.39 is 10.0 Å². The number of hydrogen-bond acceptors (Lipinski definition) is 4. The smallest absolute Gasteiger partial charge is 0.276 e. The normalized spacial score (nSPS) is 11.4. The van der Waals surface area contributed by atoms with Gasteiger partial charge in [0, 0.05) is 21.1 Å². The van der Waals surface area contributed by atoms with E-state index in [2.05, 4.69) is 9.82 Å². The van der Waals surface area contributed by atoms with Gasteiger partial charge in [-0.25, -0.2) is 8.42 Å². The average molecular weight is 350 g/mol. The van der Waals surface area contributed by atoms with E-state index in [1.165, 1.54) is 9.58 Å². The maximum Gasteiger partial charge on any atom is 0.276 e. The number of aromatic nitrogens is 2. The van der Waals surface area contributed by atoms with E-state index >= 15 is 0 Å². The molecular formula is C16H22N4O3S. The van der Waals surface area contributed by atoms with Gasteiger partial charge in [-0.05, 0) is 38.0 Å². The van der Waals surface area contributed by atoms with Crippen LogP contribution < -0.4 is 4.72 Å². The van der Waals surface area contributed by atoms with Gasteiger partial charge in [0.15, 0.2) is 5.69 Å². The van der Waals surface area contributed by atoms with E-state index in [1.54, 1.807) is 47.1 Å². The molecule has 0 spiro atoms. The molecule has 2 rings (SSSR count). The van der Waals surface area contributed by atoms with Crippen LogP contribution in [-0.2, 0) is 17.1 Å². The molecule has 1 N–H and O–H groups in total. The number of amides is 1. The number of carbonyl (C=O) groups excluding carboxylic acids is 1. The Hall–Kier alpha value is -2.35. The molecule has 0 radical (unpaired) electrons. The Morgan fingerprint density at radius 3 is 2.42 bits per heavy atom. The maximum atomic E-state index is 12.8. The standard InChI is InChI=1S/C16H22N4O3S/c1-10-7-8-11(2)13(9-10)24(22,23)18-14-12(3)20(6)17-15(14)16(21)19(4)5/h7-9,18H,1-6H3. The van der Waals surface area contributed by atoms with Crippen LogP contribution in [0, 0.1) is 20.8 Å². The van der Waals surface area contributed by atoms with Gasteiger partial charge in [-0.15, -0.1) is 0 Å². The lowest BCUT2D eigenvalue weighted by atomic mass is 10.2. The molecule has 0 saturated heterocycles. The Morgan fingerprint density at radius 1 is 1.21 bits per heavy atom. The summed E-state index contributed by atoms with van der Waals surface area (Å²) in [5.74, 6) is -0.364. The van der Waals surface area contributed by atoms with Gasteiger partial charge in [0.2, 0.25) is 0 Å². The highest BCUT2D eigenvalue weighted by molar-refractivity contribution is 7.92. The van der Waals surface area contributed by atoms with Crippen LogP contribution >= 0.6 is 0 Å². The minimum Gasteiger partial charge on any atom is -0.343 e. The van der Waals surface area contributed by atoms with Crippen molar-refractivity contribution in [2.75, 3.05) is 18.8 Å². The van der Waals surface area contributed by atoms with Crippen molar-refractivity contribution in [2.45, 2.75) is 25.7 Å². The van der Waals surface area contributed by atoms with Gasteiger partial charge in [-0.3, -0.25) is 14.2 Å². The molecule has 0 atom stereocenters. The van der Waals surface area contributed by atoms with E-state index in [-0.39, 0.29) is 22.2 Å². The Kier molecular flexibility index (Phi) is 4.70. The van der Waals surface area contributed by atoms with Gasteiger partial charge in [0.25, 0.3) is 15.9 Å². The second-order valence-corrected chi connectivity index (χ2v) is 7.66. The molecule has 0 unspecified atom stereocenters. The van der Waals surface area contributed by atoms with Crippen LogP contribution in [-0.4, -0.2) is 43.1 Å². The van der Waals surface area contributed by atoms with Gasteiger partial charge in [0.1, 0.15) is 5.69 Å². The third-order valence-corrected chi connectivity index (χ3v) is 5.30. The molecule has 2 aromatic rings. The van der Waals surface area contributed by atoms with Crippen LogP contribution in [0.25, 0.3) is 0 Å². The summed E-state index contributed by atoms with van der Waals surface area (Å²) in [7, 11) is 1.02. The number of sulfonamides is 1. The number of benzene rings is 1. The predicted molar refractivity (Wildman–Crippen MR) is 92.7 cm³/mol. The zero-order valence-corrected chi connectivity index (χ0v) is 15.5. The Bertz CT molecular complexity index is 898. The highest BCUT2D eigenvalue weighted by atomic mass is 32.2. The zero-order valence-electron chi connectivity index (χ0n) is 14.7. The van der Waals surface area contributed by atoms with E-state index in [4.69, 9.17) is 0 Å². The van der Waals surface area contributed by atoms with Crippen LogP contribution in [0.1, 0.15) is 27.3 Å². The lowest BCUT2D eigenvalue weighted by Crippen LogP contribution is -2.24. The maximum absolute atomic E-state index is 12.8. The fraction of sp³-hybridized carbons (Fsp3) is 0.375. The highest BCUT2D eigenvalue weighted by Gasteiger charge is 2.26. The van der Waals surface area contributed by atoms with Crippen LogP contribution in [0.4, 0.5) is 5.69 Å². The van der Waals surface area contributed by atoms with Crippen molar-refractivity contribution < 1.29 is 13.2 Å². The van der Waals surface area contributed by atoms with Gasteiger partial charge >= 0.3 is 0 Å². The lowest BCUT2D eigenvalue weighted by molar-refractivity contribution is 0.0822. The Balaban J connectivity index is 2.55. The summed E-state index contributed by atoms with van der Waals surface area (Å²) in [5, 5.41) is 4.15. The van der Waals surface area contributed by atoms with Crippen molar-refractivity contribution in [1.29, 1.82) is 0 Å². The molecule has 0 bridgehead atoms. The number of carbonyl (C=O) groups is 1. The van der Waals surface area contributed by atoms with Crippen molar-refractivity contribution in [3.05, 3.63) is 40.7 Å². The quantitative estimate of drug-likeness (QED) is 0.912. The molecule has 0 aliphatic carbocycles. The lowest BCUT2D eigenvalue weighted by Gasteiger charge is -2.13. The third-order valence-electron chi connectivity index (χ3n) is 3.81. The minimum absolute atomic E-state index is 0.0777. The first-order valence-electron chi connectivity index (χ1n) is 7.40. The molecular weight excluding hydrogens is 328 g/mol. The number of aryl methyl sites for hydroxylation is 3. The van der Waals surface area contributed by atoms with Crippen molar-refractivity contribution in [3.8, 4) is 0 Å². The number of hydrogen-bond donors (Lipinski definition) is 1. The van der Waals surface area contributed by atoms with Gasteiger partial charge < -0.3 is 4.90 Å². The highest BCUT2D eigenvalue weighted by Crippen LogP contribution is 2.26. The summed E-state index contributed by atoms with van der Waals surface area (Å²) >= 11 is 0. The van der Waals surface area contributed by atoms with Crippen molar-refractivity contribution in [3.63, 3.8) is 0 Å². The predicted octanol–water partition coefficient (Wildman–Crippen LogP) is 1.85. The second kappa shape index (κ2) is 6.27. The third kappa shape index (κ3) is 3.28. The number of anilines is 1. The van der Waals surface area contributed by atoms with E-state index in [0.717, 1.165) is 5.56 Å². The monoisotopic (exact) mass is 350 g/mol. The first kappa shape index (κ1) is 18.0. The van der Waals surface area contributed by atoms with Crippen molar-refractivity contribution in [1.82, 2.24) is 14.7 Å². The zero-order chi connectivity index (χ0) is 18.2. The molecule has 1 heterocycles. The fourth-order valence-corrected chi connectivity index (χ4v) is 3.73. The number of nitrogens with zero attached hydrogens (tertiary/aromatic N) is 3. The first-order valence-corrected chi connectivity index (χ1v) is 8.88. The van der Waals surface area contributed by atoms with Crippen molar-refractivity contribution in [2.24, 2.45) is 7.05 Å². The first-order chi connectivity index (χ1) is 11.0. The fourth-order valence-electron chi connectivity index (χ4n) is 2.28. The van der Waals surface area contributed by atoms with E-state index in [1.807, 2.05) is 13.0 Å². The van der Waals surface area contributed by atoms with Crippen LogP contribution in [0.3, 0.4) is 0 Å². The molecule has 24 heavy (non-hydrogen) atoms. The van der Waals surface area contributed by atoms with E-state index in [0.29, 0.717) is 11.3 Å². The molecule has 0 fully saturated rings. The summed E-state index contributed by atoms with van der Waals surface area (Å²) in [4.78, 5) is 13.8. The topological polar surface area (TPSA) is 84.3 Å². The van der Waals surface area contributed by atoms with E-state index in [9.17, 15) is 13.2 Å². The largest absolute Gasteiger partial charge is 0.343 e. The number of nitrogens with one attached hydrogen (secondary N) is 1. The van der Waals surface area contributed by atoms with Crippen LogP contribution in [0.2, 0.25) is 0 Å². The molecule has 1 aromatic heterocycles. The summed E-state index contributed by atoms with van der Waals surface area (Å²) in [6.45, 7) is 5.27. The number of rotatable bonds is 4. The Morgan fingerprint density at radius 2 is 1.83 bits per heavy atom. The van der Waals surface area contributed by atoms with Crippen molar-refractivity contribution >= 4 is 21.6 Å². The summed E-state index contributed by atoms with van der Waals surface area (Å²) in [6, 6.07) is 5.22. The molecule has 0 saturated carbocycles. The van der Waals surface area contributed by atoms with Crippen LogP contribution in [0.15, 0.2) is 23.1 Å². The minimum atomic E-state index is -3.83. The SMILES string of the molecule is Cc1ccc(C)c(S(=O)(=O)Nc2c(C(=O)N(C)C)nn(C)c2C)c1. The Labute approximate surface area is 142 Å².